The molecule has 1 heterocycles. The highest BCUT2D eigenvalue weighted by molar-refractivity contribution is 6.30. The second-order valence-electron chi connectivity index (χ2n) is 8.64. The van der Waals surface area contributed by atoms with Gasteiger partial charge >= 0.3 is 6.09 Å². The van der Waals surface area contributed by atoms with Gasteiger partial charge in [-0.25, -0.2) is 10.2 Å². The summed E-state index contributed by atoms with van der Waals surface area (Å²) < 4.78 is 5.23. The number of hydrazine groups is 1. The lowest BCUT2D eigenvalue weighted by atomic mass is 9.97. The lowest BCUT2D eigenvalue weighted by molar-refractivity contribution is 0.0838. The van der Waals surface area contributed by atoms with Crippen LogP contribution in [0.1, 0.15) is 42.3 Å². The number of rotatable bonds is 8. The van der Waals surface area contributed by atoms with Gasteiger partial charge in [0, 0.05) is 22.6 Å². The minimum absolute atomic E-state index is 0.0356. The smallest absolute Gasteiger partial charge is 0.425 e. The predicted molar refractivity (Wildman–Crippen MR) is 147 cm³/mol. The molecule has 0 radical (unpaired) electrons. The second kappa shape index (κ2) is 12.1. The van der Waals surface area contributed by atoms with Gasteiger partial charge < -0.3 is 9.84 Å². The van der Waals surface area contributed by atoms with Crippen LogP contribution in [-0.2, 0) is 6.42 Å². The number of ether oxygens (including phenoxy) is 1. The van der Waals surface area contributed by atoms with Crippen LogP contribution in [0.5, 0.6) is 5.75 Å². The molecule has 0 spiro atoms. The van der Waals surface area contributed by atoms with Gasteiger partial charge in [-0.2, -0.15) is 9.89 Å². The van der Waals surface area contributed by atoms with Crippen molar-refractivity contribution in [2.45, 2.75) is 13.3 Å². The third-order valence-corrected chi connectivity index (χ3v) is 6.02. The molecule has 12 heteroatoms. The fourth-order valence-corrected chi connectivity index (χ4v) is 4.09. The number of Topliss-reactive ketones (excluding diaryl/α,β-unsaturated/α-hetero) is 1. The average molecular weight is 562 g/mol. The van der Waals surface area contributed by atoms with E-state index in [1.54, 1.807) is 66.7 Å². The van der Waals surface area contributed by atoms with Crippen molar-refractivity contribution in [3.05, 3.63) is 106 Å². The number of carbonyl (C=O) groups is 4. The lowest BCUT2D eigenvalue weighted by Gasteiger charge is -2.11. The first kappa shape index (κ1) is 27.9. The van der Waals surface area contributed by atoms with Crippen molar-refractivity contribution < 1.29 is 29.0 Å². The second-order valence-corrected chi connectivity index (χ2v) is 9.07. The highest BCUT2D eigenvalue weighted by Crippen LogP contribution is 2.28. The minimum atomic E-state index is -1.53. The van der Waals surface area contributed by atoms with Gasteiger partial charge in [0.15, 0.2) is 11.5 Å². The Morgan fingerprint density at radius 3 is 2.33 bits per heavy atom. The van der Waals surface area contributed by atoms with Gasteiger partial charge in [-0.1, -0.05) is 53.6 Å². The molecule has 4 N–H and O–H groups in total. The molecule has 0 fully saturated rings. The molecule has 0 unspecified atom stereocenters. The van der Waals surface area contributed by atoms with E-state index in [1.807, 2.05) is 18.4 Å². The van der Waals surface area contributed by atoms with Gasteiger partial charge in [0.1, 0.15) is 11.4 Å². The Labute approximate surface area is 233 Å². The van der Waals surface area contributed by atoms with Crippen LogP contribution >= 0.6 is 11.6 Å². The molecule has 0 saturated carbocycles. The molecule has 3 amide bonds. The number of carbonyl (C=O) groups excluding carboxylic acids is 3. The molecule has 0 aliphatic rings. The number of aryl methyl sites for hydroxylation is 1. The highest BCUT2D eigenvalue weighted by Gasteiger charge is 2.30. The van der Waals surface area contributed by atoms with Crippen molar-refractivity contribution in [3.63, 3.8) is 0 Å². The van der Waals surface area contributed by atoms with Gasteiger partial charge in [0.2, 0.25) is 0 Å². The van der Waals surface area contributed by atoms with Gasteiger partial charge in [-0.3, -0.25) is 25.2 Å². The Morgan fingerprint density at radius 2 is 1.65 bits per heavy atom. The molecule has 4 rings (SSSR count). The predicted octanol–water partition coefficient (Wildman–Crippen LogP) is 4.24. The molecule has 0 bridgehead atoms. The van der Waals surface area contributed by atoms with E-state index in [4.69, 9.17) is 16.3 Å². The molecule has 0 saturated heterocycles. The molecule has 0 aliphatic heterocycles. The summed E-state index contributed by atoms with van der Waals surface area (Å²) in [5, 5.41) is 14.1. The zero-order chi connectivity index (χ0) is 28.8. The summed E-state index contributed by atoms with van der Waals surface area (Å²) in [6, 6.07) is 19.8. The fraction of sp³-hybridized carbons (Fsp3) is 0.107. The van der Waals surface area contributed by atoms with Crippen molar-refractivity contribution in [1.29, 1.82) is 0 Å². The highest BCUT2D eigenvalue weighted by atomic mass is 35.5. The van der Waals surface area contributed by atoms with Crippen LogP contribution in [0.3, 0.4) is 0 Å². The molecule has 11 nitrogen and oxygen atoms in total. The number of hydrogen-bond donors (Lipinski definition) is 4. The number of nitrogens with one attached hydrogen (secondary N) is 3. The van der Waals surface area contributed by atoms with Crippen molar-refractivity contribution in [3.8, 4) is 17.0 Å². The van der Waals surface area contributed by atoms with Crippen LogP contribution in [0.25, 0.3) is 11.3 Å². The normalized spacial score (nSPS) is 10.5. The number of amides is 3. The van der Waals surface area contributed by atoms with E-state index < -0.39 is 29.4 Å². The quantitative estimate of drug-likeness (QED) is 0.185. The third kappa shape index (κ3) is 6.45. The average Bonchev–Trinajstić information content (AvgIpc) is 3.30. The first-order chi connectivity index (χ1) is 19.2. The zero-order valence-corrected chi connectivity index (χ0v) is 22.2. The molecule has 0 atom stereocenters. The number of carboxylic acid groups (broad SMARTS) is 1. The Kier molecular flexibility index (Phi) is 8.45. The topological polar surface area (TPSA) is 152 Å². The zero-order valence-electron chi connectivity index (χ0n) is 21.4. The van der Waals surface area contributed by atoms with Crippen molar-refractivity contribution in [2.24, 2.45) is 0 Å². The van der Waals surface area contributed by atoms with E-state index in [0.29, 0.717) is 26.7 Å². The molecule has 0 aliphatic carbocycles. The maximum Gasteiger partial charge on any atom is 0.425 e. The summed E-state index contributed by atoms with van der Waals surface area (Å²) >= 11 is 6.03. The summed E-state index contributed by atoms with van der Waals surface area (Å²) in [7, 11) is 1.49. The van der Waals surface area contributed by atoms with E-state index in [9.17, 15) is 24.3 Å². The summed E-state index contributed by atoms with van der Waals surface area (Å²) in [4.78, 5) is 52.0. The summed E-state index contributed by atoms with van der Waals surface area (Å²) in [6.45, 7) is 1.81. The molecular weight excluding hydrogens is 538 g/mol. The third-order valence-electron chi connectivity index (χ3n) is 5.77. The SMILES string of the molecule is COc1cccc(CC(=O)c2c(-c3ccc(Cl)cc3)nn(NC(=O)O)c2C(=O)NNC(=O)c2cccc(C)c2)c1. The number of methoxy groups -OCH3 is 1. The molecular formula is C28H24ClN5O6. The van der Waals surface area contributed by atoms with Crippen LogP contribution in [0.4, 0.5) is 4.79 Å². The first-order valence-corrected chi connectivity index (χ1v) is 12.3. The van der Waals surface area contributed by atoms with Crippen LogP contribution < -0.4 is 21.0 Å². The first-order valence-electron chi connectivity index (χ1n) is 11.9. The summed E-state index contributed by atoms with van der Waals surface area (Å²) in [5.41, 5.74) is 8.11. The molecule has 1 aromatic heterocycles. The molecule has 3 aromatic carbocycles. The van der Waals surface area contributed by atoms with E-state index in [-0.39, 0.29) is 23.2 Å². The van der Waals surface area contributed by atoms with Crippen LogP contribution in [-0.4, -0.2) is 45.8 Å². The molecule has 204 valence electrons. The Hall–Kier alpha value is -5.16. The molecule has 4 aromatic rings. The van der Waals surface area contributed by atoms with Crippen LogP contribution in [0.15, 0.2) is 72.8 Å². The fourth-order valence-electron chi connectivity index (χ4n) is 3.96. The number of nitrogens with zero attached hydrogens (tertiary/aromatic N) is 2. The maximum atomic E-state index is 13.7. The molecule has 40 heavy (non-hydrogen) atoms. The summed E-state index contributed by atoms with van der Waals surface area (Å²) in [5.74, 6) is -1.59. The monoisotopic (exact) mass is 561 g/mol. The van der Waals surface area contributed by atoms with E-state index >= 15 is 0 Å². The maximum absolute atomic E-state index is 13.7. The summed E-state index contributed by atoms with van der Waals surface area (Å²) in [6.07, 6.45) is -1.69. The van der Waals surface area contributed by atoms with Crippen LogP contribution in [0, 0.1) is 6.92 Å². The van der Waals surface area contributed by atoms with E-state index in [1.165, 1.54) is 7.11 Å². The largest absolute Gasteiger partial charge is 0.497 e. The Bertz CT molecular complexity index is 1600. The van der Waals surface area contributed by atoms with E-state index in [0.717, 1.165) is 5.56 Å². The Morgan fingerprint density at radius 1 is 0.950 bits per heavy atom. The minimum Gasteiger partial charge on any atom is -0.497 e. The number of ketones is 1. The number of aromatic nitrogens is 2. The van der Waals surface area contributed by atoms with Crippen molar-refractivity contribution in [2.75, 3.05) is 12.5 Å². The van der Waals surface area contributed by atoms with Crippen molar-refractivity contribution >= 4 is 35.3 Å². The van der Waals surface area contributed by atoms with Gasteiger partial charge in [-0.05, 0) is 48.9 Å². The number of hydrogen-bond acceptors (Lipinski definition) is 6. The Balaban J connectivity index is 1.76. The number of benzene rings is 3. The van der Waals surface area contributed by atoms with E-state index in [2.05, 4.69) is 16.0 Å². The van der Waals surface area contributed by atoms with Gasteiger partial charge in [0.25, 0.3) is 11.8 Å². The lowest BCUT2D eigenvalue weighted by Crippen LogP contribution is -2.43. The van der Waals surface area contributed by atoms with Gasteiger partial charge in [-0.15, -0.1) is 0 Å². The van der Waals surface area contributed by atoms with Gasteiger partial charge in [0.05, 0.1) is 12.7 Å². The van der Waals surface area contributed by atoms with Crippen molar-refractivity contribution in [1.82, 2.24) is 20.7 Å². The van der Waals surface area contributed by atoms with Crippen LogP contribution in [0.2, 0.25) is 5.02 Å². The number of halogens is 1. The standard InChI is InChI=1S/C28H24ClN5O6/c1-16-5-3-7-19(13-16)26(36)30-31-27(37)25-23(22(35)15-17-6-4-8-21(14-17)40-2)24(32-34(25)33-28(38)39)18-9-11-20(29)12-10-18/h3-14,33H,15H2,1-2H3,(H,30,36)(H,31,37)(H,38,39).